The summed E-state index contributed by atoms with van der Waals surface area (Å²) in [5.74, 6) is 0. The molecule has 0 aliphatic rings. The quantitative estimate of drug-likeness (QED) is 0.687. The lowest BCUT2D eigenvalue weighted by molar-refractivity contribution is 1.17. The van der Waals surface area contributed by atoms with Crippen molar-refractivity contribution >= 4 is 27.5 Å². The van der Waals surface area contributed by atoms with Crippen LogP contribution in [-0.4, -0.2) is 5.33 Å². The van der Waals surface area contributed by atoms with Crippen LogP contribution >= 0.6 is 27.5 Å². The molecule has 2 heteroatoms. The summed E-state index contributed by atoms with van der Waals surface area (Å²) in [6.45, 7) is 0. The number of alkyl halides is 1. The Morgan fingerprint density at radius 3 is 1.75 bits per heavy atom. The Bertz CT molecular complexity index is 360. The maximum atomic E-state index is 5.88. The number of rotatable bonds is 2. The molecule has 0 saturated heterocycles. The van der Waals surface area contributed by atoms with Crippen molar-refractivity contribution in [3.05, 3.63) is 71.2 Å². The van der Waals surface area contributed by atoms with Crippen molar-refractivity contribution in [3.8, 4) is 0 Å². The summed E-state index contributed by atoms with van der Waals surface area (Å²) in [7, 11) is 0. The predicted octanol–water partition coefficient (Wildman–Crippen LogP) is 4.96. The lowest BCUT2D eigenvalue weighted by Crippen LogP contribution is -1.85. The SMILES string of the molecule is Clc1ccccc1CCBr.c1ccccc1. The van der Waals surface area contributed by atoms with Crippen LogP contribution in [0.15, 0.2) is 60.7 Å². The summed E-state index contributed by atoms with van der Waals surface area (Å²) in [6, 6.07) is 19.9. The Labute approximate surface area is 110 Å². The predicted molar refractivity (Wildman–Crippen MR) is 75.4 cm³/mol. The highest BCUT2D eigenvalue weighted by Gasteiger charge is 1.95. The molecule has 2 aromatic rings. The molecule has 0 bridgehead atoms. The average Bonchev–Trinajstić information content (AvgIpc) is 2.35. The van der Waals surface area contributed by atoms with Gasteiger partial charge in [-0.05, 0) is 18.1 Å². The molecule has 0 aliphatic heterocycles. The topological polar surface area (TPSA) is 0 Å². The fraction of sp³-hybridized carbons (Fsp3) is 0.143. The fourth-order valence-corrected chi connectivity index (χ4v) is 1.85. The Morgan fingerprint density at radius 2 is 1.31 bits per heavy atom. The van der Waals surface area contributed by atoms with Gasteiger partial charge in [0.15, 0.2) is 0 Å². The molecule has 0 unspecified atom stereocenters. The second-order valence-corrected chi connectivity index (χ2v) is 4.39. The van der Waals surface area contributed by atoms with Gasteiger partial charge in [-0.25, -0.2) is 0 Å². The van der Waals surface area contributed by atoms with E-state index in [4.69, 9.17) is 11.6 Å². The molecule has 2 rings (SSSR count). The molecule has 0 aliphatic carbocycles. The summed E-state index contributed by atoms with van der Waals surface area (Å²) in [5, 5.41) is 1.83. The summed E-state index contributed by atoms with van der Waals surface area (Å²) in [6.07, 6.45) is 1.000. The third-order valence-corrected chi connectivity index (χ3v) is 2.75. The van der Waals surface area contributed by atoms with Crippen LogP contribution in [0.1, 0.15) is 5.56 Å². The van der Waals surface area contributed by atoms with Crippen LogP contribution in [0.4, 0.5) is 0 Å². The first kappa shape index (κ1) is 13.3. The lowest BCUT2D eigenvalue weighted by atomic mass is 10.2. The molecule has 0 aromatic heterocycles. The molecule has 0 N–H and O–H groups in total. The summed E-state index contributed by atoms with van der Waals surface area (Å²) < 4.78 is 0. The molecule has 0 nitrogen and oxygen atoms in total. The van der Waals surface area contributed by atoms with Crippen molar-refractivity contribution in [3.63, 3.8) is 0 Å². The minimum Gasteiger partial charge on any atom is -0.0924 e. The van der Waals surface area contributed by atoms with Crippen molar-refractivity contribution in [2.75, 3.05) is 5.33 Å². The van der Waals surface area contributed by atoms with Crippen LogP contribution in [0.2, 0.25) is 5.02 Å². The monoisotopic (exact) mass is 296 g/mol. The fourth-order valence-electron chi connectivity index (χ4n) is 1.19. The summed E-state index contributed by atoms with van der Waals surface area (Å²) >= 11 is 9.24. The Hall–Kier alpha value is -0.790. The maximum absolute atomic E-state index is 5.88. The third-order valence-electron chi connectivity index (χ3n) is 1.99. The molecular formula is C14H14BrCl. The van der Waals surface area contributed by atoms with E-state index < -0.39 is 0 Å². The van der Waals surface area contributed by atoms with Crippen LogP contribution in [-0.2, 0) is 6.42 Å². The van der Waals surface area contributed by atoms with Crippen molar-refractivity contribution in [1.29, 1.82) is 0 Å². The smallest absolute Gasteiger partial charge is 0.0438 e. The molecule has 0 amide bonds. The van der Waals surface area contributed by atoms with Crippen LogP contribution in [0.5, 0.6) is 0 Å². The highest BCUT2D eigenvalue weighted by atomic mass is 79.9. The van der Waals surface area contributed by atoms with E-state index in [0.717, 1.165) is 16.8 Å². The summed E-state index contributed by atoms with van der Waals surface area (Å²) in [5.41, 5.74) is 1.21. The van der Waals surface area contributed by atoms with Gasteiger partial charge in [-0.3, -0.25) is 0 Å². The number of hydrogen-bond donors (Lipinski definition) is 0. The average molecular weight is 298 g/mol. The van der Waals surface area contributed by atoms with Gasteiger partial charge in [-0.1, -0.05) is 82.1 Å². The molecular weight excluding hydrogens is 284 g/mol. The van der Waals surface area contributed by atoms with E-state index in [1.165, 1.54) is 5.56 Å². The van der Waals surface area contributed by atoms with Crippen LogP contribution in [0.3, 0.4) is 0 Å². The standard InChI is InChI=1S/C8H8BrCl.C6H6/c9-6-5-7-3-1-2-4-8(7)10;1-2-4-6-5-3-1/h1-4H,5-6H2;1-6H. The zero-order valence-electron chi connectivity index (χ0n) is 8.94. The summed E-state index contributed by atoms with van der Waals surface area (Å²) in [4.78, 5) is 0. The minimum atomic E-state index is 0.863. The van der Waals surface area contributed by atoms with Gasteiger partial charge in [-0.15, -0.1) is 0 Å². The second kappa shape index (κ2) is 8.37. The first-order valence-corrected chi connectivity index (χ1v) is 6.64. The van der Waals surface area contributed by atoms with E-state index in [0.29, 0.717) is 0 Å². The molecule has 16 heavy (non-hydrogen) atoms. The Balaban J connectivity index is 0.000000181. The number of hydrogen-bond acceptors (Lipinski definition) is 0. The molecule has 0 atom stereocenters. The van der Waals surface area contributed by atoms with Crippen LogP contribution in [0, 0.1) is 0 Å². The molecule has 0 heterocycles. The van der Waals surface area contributed by atoms with Gasteiger partial charge >= 0.3 is 0 Å². The van der Waals surface area contributed by atoms with Crippen molar-refractivity contribution < 1.29 is 0 Å². The maximum Gasteiger partial charge on any atom is 0.0438 e. The molecule has 0 spiro atoms. The van der Waals surface area contributed by atoms with Crippen LogP contribution < -0.4 is 0 Å². The zero-order valence-corrected chi connectivity index (χ0v) is 11.3. The lowest BCUT2D eigenvalue weighted by Gasteiger charge is -1.98. The molecule has 0 radical (unpaired) electrons. The third kappa shape index (κ3) is 5.34. The van der Waals surface area contributed by atoms with Crippen molar-refractivity contribution in [2.45, 2.75) is 6.42 Å². The molecule has 84 valence electrons. The number of benzene rings is 2. The van der Waals surface area contributed by atoms with Gasteiger partial charge in [0.05, 0.1) is 0 Å². The molecule has 0 saturated carbocycles. The van der Waals surface area contributed by atoms with Crippen molar-refractivity contribution in [2.24, 2.45) is 0 Å². The van der Waals surface area contributed by atoms with E-state index in [-0.39, 0.29) is 0 Å². The van der Waals surface area contributed by atoms with Gasteiger partial charge in [0, 0.05) is 10.4 Å². The first-order valence-electron chi connectivity index (χ1n) is 5.14. The van der Waals surface area contributed by atoms with Gasteiger partial charge in [0.2, 0.25) is 0 Å². The molecule has 0 fully saturated rings. The highest BCUT2D eigenvalue weighted by Crippen LogP contribution is 2.15. The van der Waals surface area contributed by atoms with Gasteiger partial charge in [-0.2, -0.15) is 0 Å². The Kier molecular flexibility index (Phi) is 6.95. The van der Waals surface area contributed by atoms with Gasteiger partial charge in [0.25, 0.3) is 0 Å². The van der Waals surface area contributed by atoms with E-state index in [9.17, 15) is 0 Å². The Morgan fingerprint density at radius 1 is 0.812 bits per heavy atom. The first-order chi connectivity index (χ1) is 7.84. The minimum absolute atomic E-state index is 0.863. The van der Waals surface area contributed by atoms with Gasteiger partial charge in [0.1, 0.15) is 0 Å². The van der Waals surface area contributed by atoms with E-state index in [1.54, 1.807) is 0 Å². The number of aryl methyl sites for hydroxylation is 1. The van der Waals surface area contributed by atoms with Gasteiger partial charge < -0.3 is 0 Å². The van der Waals surface area contributed by atoms with E-state index in [1.807, 2.05) is 60.7 Å². The molecule has 2 aromatic carbocycles. The van der Waals surface area contributed by atoms with Crippen molar-refractivity contribution in [1.82, 2.24) is 0 Å². The highest BCUT2D eigenvalue weighted by molar-refractivity contribution is 9.09. The number of halogens is 2. The zero-order chi connectivity index (χ0) is 11.6. The van der Waals surface area contributed by atoms with E-state index in [2.05, 4.69) is 15.9 Å². The normalized spacial score (nSPS) is 9.12. The van der Waals surface area contributed by atoms with Crippen LogP contribution in [0.25, 0.3) is 0 Å². The second-order valence-electron chi connectivity index (χ2n) is 3.19. The largest absolute Gasteiger partial charge is 0.0924 e. The van der Waals surface area contributed by atoms with E-state index >= 15 is 0 Å².